The second kappa shape index (κ2) is 3.82. The summed E-state index contributed by atoms with van der Waals surface area (Å²) in [5.74, 6) is 0.925. The zero-order valence-corrected chi connectivity index (χ0v) is 12.2. The van der Waals surface area contributed by atoms with Gasteiger partial charge in [-0.2, -0.15) is 0 Å². The SMILES string of the molecule is Cn1c(C(C)(C)N)nc2c(C(C)(C)C)cccc21. The molecule has 98 valence electrons. The molecule has 3 nitrogen and oxygen atoms in total. The molecule has 0 unspecified atom stereocenters. The number of hydrogen-bond donors (Lipinski definition) is 1. The number of fused-ring (bicyclic) bond motifs is 1. The van der Waals surface area contributed by atoms with E-state index >= 15 is 0 Å². The summed E-state index contributed by atoms with van der Waals surface area (Å²) in [5, 5.41) is 0. The van der Waals surface area contributed by atoms with Gasteiger partial charge in [-0.25, -0.2) is 4.98 Å². The molecule has 1 heterocycles. The molecule has 1 aromatic heterocycles. The summed E-state index contributed by atoms with van der Waals surface area (Å²) in [6, 6.07) is 6.35. The Morgan fingerprint density at radius 1 is 1.11 bits per heavy atom. The van der Waals surface area contributed by atoms with Crippen LogP contribution in [0.3, 0.4) is 0 Å². The highest BCUT2D eigenvalue weighted by Crippen LogP contribution is 2.31. The van der Waals surface area contributed by atoms with E-state index in [1.54, 1.807) is 0 Å². The molecule has 0 aliphatic rings. The van der Waals surface area contributed by atoms with E-state index in [2.05, 4.69) is 43.5 Å². The molecule has 0 bridgehead atoms. The lowest BCUT2D eigenvalue weighted by molar-refractivity contribution is 0.497. The van der Waals surface area contributed by atoms with Gasteiger partial charge in [0.05, 0.1) is 16.6 Å². The Morgan fingerprint density at radius 2 is 1.72 bits per heavy atom. The summed E-state index contributed by atoms with van der Waals surface area (Å²) in [5.41, 5.74) is 9.35. The van der Waals surface area contributed by atoms with Crippen LogP contribution in [0.2, 0.25) is 0 Å². The van der Waals surface area contributed by atoms with E-state index < -0.39 is 5.54 Å². The summed E-state index contributed by atoms with van der Waals surface area (Å²) in [6.45, 7) is 10.6. The second-order valence-corrected chi connectivity index (χ2v) is 6.64. The van der Waals surface area contributed by atoms with Crippen LogP contribution in [0.5, 0.6) is 0 Å². The fourth-order valence-corrected chi connectivity index (χ4v) is 2.40. The summed E-state index contributed by atoms with van der Waals surface area (Å²) in [6.07, 6.45) is 0. The van der Waals surface area contributed by atoms with Crippen molar-refractivity contribution in [1.29, 1.82) is 0 Å². The van der Waals surface area contributed by atoms with Crippen LogP contribution in [-0.2, 0) is 18.0 Å². The molecule has 0 spiro atoms. The molecule has 0 fully saturated rings. The fourth-order valence-electron chi connectivity index (χ4n) is 2.40. The van der Waals surface area contributed by atoms with E-state index in [4.69, 9.17) is 10.7 Å². The molecule has 2 N–H and O–H groups in total. The third-order valence-corrected chi connectivity index (χ3v) is 3.30. The van der Waals surface area contributed by atoms with E-state index in [9.17, 15) is 0 Å². The van der Waals surface area contributed by atoms with Crippen molar-refractivity contribution in [2.75, 3.05) is 0 Å². The van der Waals surface area contributed by atoms with Crippen molar-refractivity contribution >= 4 is 11.0 Å². The maximum absolute atomic E-state index is 6.20. The maximum Gasteiger partial charge on any atom is 0.129 e. The van der Waals surface area contributed by atoms with Crippen molar-refractivity contribution in [2.45, 2.75) is 45.6 Å². The maximum atomic E-state index is 6.20. The van der Waals surface area contributed by atoms with Gasteiger partial charge in [-0.05, 0) is 30.9 Å². The summed E-state index contributed by atoms with van der Waals surface area (Å²) in [7, 11) is 2.03. The Morgan fingerprint density at radius 3 is 2.22 bits per heavy atom. The highest BCUT2D eigenvalue weighted by atomic mass is 15.1. The minimum atomic E-state index is -0.428. The van der Waals surface area contributed by atoms with Crippen molar-refractivity contribution in [2.24, 2.45) is 12.8 Å². The normalized spacial score (nSPS) is 13.3. The van der Waals surface area contributed by atoms with E-state index in [1.807, 2.05) is 20.9 Å². The number of imidazole rings is 1. The molecule has 0 amide bonds. The number of benzene rings is 1. The third-order valence-electron chi connectivity index (χ3n) is 3.30. The molecule has 2 aromatic rings. The largest absolute Gasteiger partial charge is 0.330 e. The lowest BCUT2D eigenvalue weighted by atomic mass is 9.86. The number of aromatic nitrogens is 2. The minimum absolute atomic E-state index is 0.0872. The summed E-state index contributed by atoms with van der Waals surface area (Å²) < 4.78 is 2.10. The topological polar surface area (TPSA) is 43.8 Å². The number of aryl methyl sites for hydroxylation is 1. The Balaban J connectivity index is 2.81. The molecule has 2 rings (SSSR count). The van der Waals surface area contributed by atoms with Crippen LogP contribution in [0.1, 0.15) is 46.0 Å². The van der Waals surface area contributed by atoms with Crippen molar-refractivity contribution in [3.63, 3.8) is 0 Å². The lowest BCUT2D eigenvalue weighted by Crippen LogP contribution is -2.32. The molecule has 0 aliphatic heterocycles. The number of para-hydroxylation sites is 1. The number of nitrogens with zero attached hydrogens (tertiary/aromatic N) is 2. The van der Waals surface area contributed by atoms with E-state index in [0.717, 1.165) is 16.9 Å². The molecule has 0 aliphatic carbocycles. The number of nitrogens with two attached hydrogens (primary N) is 1. The first-order valence-corrected chi connectivity index (χ1v) is 6.37. The standard InChI is InChI=1S/C15H23N3/c1-14(2,3)10-8-7-9-11-12(10)17-13(18(11)6)15(4,5)16/h7-9H,16H2,1-6H3. The average Bonchev–Trinajstić information content (AvgIpc) is 2.54. The van der Waals surface area contributed by atoms with Crippen molar-refractivity contribution in [1.82, 2.24) is 9.55 Å². The molecular formula is C15H23N3. The van der Waals surface area contributed by atoms with E-state index in [0.29, 0.717) is 0 Å². The van der Waals surface area contributed by atoms with Crippen LogP contribution < -0.4 is 5.73 Å². The van der Waals surface area contributed by atoms with Gasteiger partial charge in [0.15, 0.2) is 0 Å². The monoisotopic (exact) mass is 245 g/mol. The molecule has 18 heavy (non-hydrogen) atoms. The van der Waals surface area contributed by atoms with Crippen LogP contribution in [-0.4, -0.2) is 9.55 Å². The van der Waals surface area contributed by atoms with Crippen LogP contribution in [0.15, 0.2) is 18.2 Å². The van der Waals surface area contributed by atoms with Gasteiger partial charge in [0.2, 0.25) is 0 Å². The first-order valence-electron chi connectivity index (χ1n) is 6.37. The van der Waals surface area contributed by atoms with Crippen LogP contribution >= 0.6 is 0 Å². The molecular weight excluding hydrogens is 222 g/mol. The molecule has 0 saturated heterocycles. The molecule has 0 radical (unpaired) electrons. The number of rotatable bonds is 1. The summed E-state index contributed by atoms with van der Waals surface area (Å²) in [4.78, 5) is 4.79. The van der Waals surface area contributed by atoms with Gasteiger partial charge in [-0.15, -0.1) is 0 Å². The Bertz CT molecular complexity index is 580. The lowest BCUT2D eigenvalue weighted by Gasteiger charge is -2.19. The first-order chi connectivity index (χ1) is 8.12. The van der Waals surface area contributed by atoms with Gasteiger partial charge in [-0.3, -0.25) is 0 Å². The zero-order chi connectivity index (χ0) is 13.7. The Hall–Kier alpha value is -1.35. The molecule has 1 aromatic carbocycles. The van der Waals surface area contributed by atoms with Gasteiger partial charge in [-0.1, -0.05) is 32.9 Å². The number of hydrogen-bond acceptors (Lipinski definition) is 2. The summed E-state index contributed by atoms with van der Waals surface area (Å²) >= 11 is 0. The predicted octanol–water partition coefficient (Wildman–Crippen LogP) is 3.06. The smallest absolute Gasteiger partial charge is 0.129 e. The van der Waals surface area contributed by atoms with Gasteiger partial charge >= 0.3 is 0 Å². The van der Waals surface area contributed by atoms with Crippen molar-refractivity contribution in [3.8, 4) is 0 Å². The van der Waals surface area contributed by atoms with Gasteiger partial charge in [0, 0.05) is 7.05 Å². The zero-order valence-electron chi connectivity index (χ0n) is 12.2. The quantitative estimate of drug-likeness (QED) is 0.839. The predicted molar refractivity (Wildman–Crippen MR) is 76.6 cm³/mol. The van der Waals surface area contributed by atoms with E-state index in [1.165, 1.54) is 5.56 Å². The highest BCUT2D eigenvalue weighted by molar-refractivity contribution is 5.81. The van der Waals surface area contributed by atoms with Crippen molar-refractivity contribution < 1.29 is 0 Å². The molecule has 0 atom stereocenters. The van der Waals surface area contributed by atoms with Crippen molar-refractivity contribution in [3.05, 3.63) is 29.6 Å². The average molecular weight is 245 g/mol. The van der Waals surface area contributed by atoms with E-state index in [-0.39, 0.29) is 5.41 Å². The first kappa shape index (κ1) is 13.1. The van der Waals surface area contributed by atoms with Crippen LogP contribution in [0, 0.1) is 0 Å². The Labute approximate surface area is 109 Å². The second-order valence-electron chi connectivity index (χ2n) is 6.64. The minimum Gasteiger partial charge on any atom is -0.330 e. The third kappa shape index (κ3) is 2.03. The molecule has 0 saturated carbocycles. The van der Waals surface area contributed by atoms with Gasteiger partial charge in [0.25, 0.3) is 0 Å². The van der Waals surface area contributed by atoms with Crippen LogP contribution in [0.4, 0.5) is 0 Å². The van der Waals surface area contributed by atoms with Gasteiger partial charge < -0.3 is 10.3 Å². The Kier molecular flexibility index (Phi) is 2.78. The molecule has 3 heteroatoms. The van der Waals surface area contributed by atoms with Gasteiger partial charge in [0.1, 0.15) is 5.82 Å². The highest BCUT2D eigenvalue weighted by Gasteiger charge is 2.25. The fraction of sp³-hybridized carbons (Fsp3) is 0.533. The van der Waals surface area contributed by atoms with Crippen LogP contribution in [0.25, 0.3) is 11.0 Å².